The van der Waals surface area contributed by atoms with Crippen molar-refractivity contribution in [3.63, 3.8) is 0 Å². The van der Waals surface area contributed by atoms with Gasteiger partial charge in [-0.05, 0) is 36.6 Å². The van der Waals surface area contributed by atoms with E-state index in [0.29, 0.717) is 29.2 Å². The summed E-state index contributed by atoms with van der Waals surface area (Å²) in [6.45, 7) is 0. The van der Waals surface area contributed by atoms with Crippen molar-refractivity contribution >= 4 is 35.3 Å². The second kappa shape index (κ2) is 10.4. The van der Waals surface area contributed by atoms with Crippen LogP contribution in [-0.4, -0.2) is 67.8 Å². The van der Waals surface area contributed by atoms with Gasteiger partial charge in [-0.15, -0.1) is 5.06 Å². The van der Waals surface area contributed by atoms with E-state index in [1.54, 1.807) is 0 Å². The Morgan fingerprint density at radius 1 is 1.11 bits per heavy atom. The Balaban J connectivity index is 1.46. The highest BCUT2D eigenvalue weighted by Gasteiger charge is 2.38. The molecule has 0 aromatic heterocycles. The average Bonchev–Trinajstić information content (AvgIpc) is 3.15. The van der Waals surface area contributed by atoms with E-state index in [-0.39, 0.29) is 37.1 Å². The molecule has 2 atom stereocenters. The number of amides is 2. The van der Waals surface area contributed by atoms with Gasteiger partial charge < -0.3 is 19.4 Å². The van der Waals surface area contributed by atoms with Crippen molar-refractivity contribution in [3.8, 4) is 5.75 Å². The molecule has 9 nitrogen and oxygen atoms in total. The van der Waals surface area contributed by atoms with Gasteiger partial charge in [-0.3, -0.25) is 14.4 Å². The second-order valence-corrected chi connectivity index (χ2v) is 9.46. The van der Waals surface area contributed by atoms with Gasteiger partial charge in [0.15, 0.2) is 5.78 Å². The Hall–Kier alpha value is -3.88. The summed E-state index contributed by atoms with van der Waals surface area (Å²) in [5, 5.41) is 0.562. The number of fused-ring (bicyclic) bond motifs is 2. The first-order chi connectivity index (χ1) is 17.2. The van der Waals surface area contributed by atoms with Crippen LogP contribution in [0.4, 0.5) is 5.69 Å². The normalized spacial score (nSPS) is 20.7. The molecule has 1 aromatic carbocycles. The number of carbonyl (C=O) groups is 4. The maximum Gasteiger partial charge on any atom is 0.333 e. The monoisotopic (exact) mass is 493 g/mol. The number of allylic oxidation sites excluding steroid dienone is 2. The third-order valence-electron chi connectivity index (χ3n) is 6.37. The van der Waals surface area contributed by atoms with E-state index in [1.165, 1.54) is 0 Å². The minimum absolute atomic E-state index is 0.0139. The van der Waals surface area contributed by atoms with Crippen molar-refractivity contribution < 1.29 is 28.8 Å². The summed E-state index contributed by atoms with van der Waals surface area (Å²) in [5.74, 6) is -1.42. The number of Topliss-reactive ketones (excluding diaryl/α,β-unsaturated/α-hetero) is 1. The number of ether oxygens (including phenoxy) is 1. The van der Waals surface area contributed by atoms with Crippen molar-refractivity contribution in [2.75, 3.05) is 33.1 Å². The van der Waals surface area contributed by atoms with E-state index in [4.69, 9.17) is 9.57 Å². The minimum atomic E-state index is -0.622. The summed E-state index contributed by atoms with van der Waals surface area (Å²) in [6, 6.07) is 3.84. The van der Waals surface area contributed by atoms with Crippen molar-refractivity contribution in [1.82, 2.24) is 9.96 Å². The number of hydroxylamine groups is 2. The highest BCUT2D eigenvalue weighted by molar-refractivity contribution is 6.06. The molecule has 3 aliphatic rings. The maximum absolute atomic E-state index is 13.5. The third kappa shape index (κ3) is 5.19. The molecule has 0 radical (unpaired) electrons. The van der Waals surface area contributed by atoms with Crippen LogP contribution < -0.4 is 9.64 Å². The van der Waals surface area contributed by atoms with Gasteiger partial charge in [0.25, 0.3) is 11.8 Å². The van der Waals surface area contributed by atoms with Gasteiger partial charge >= 0.3 is 5.97 Å². The molecular formula is C27H31N3O6. The van der Waals surface area contributed by atoms with Crippen LogP contribution in [0.1, 0.15) is 48.0 Å². The van der Waals surface area contributed by atoms with Gasteiger partial charge in [-0.25, -0.2) is 4.79 Å². The number of anilines is 1. The van der Waals surface area contributed by atoms with E-state index in [0.717, 1.165) is 16.9 Å². The molecule has 4 rings (SSSR count). The zero-order valence-corrected chi connectivity index (χ0v) is 21.0. The number of likely N-dealkylation sites (N-methyl/N-ethyl adjacent to an activating group) is 1. The fraction of sp³-hybridized carbons (Fsp3) is 0.407. The predicted octanol–water partition coefficient (Wildman–Crippen LogP) is 3.12. The lowest BCUT2D eigenvalue weighted by atomic mass is 9.83. The number of imide groups is 1. The molecule has 0 N–H and O–H groups in total. The lowest BCUT2D eigenvalue weighted by Crippen LogP contribution is -2.38. The van der Waals surface area contributed by atoms with Crippen LogP contribution in [0, 0.1) is 5.92 Å². The van der Waals surface area contributed by atoms with Gasteiger partial charge in [0.05, 0.1) is 11.5 Å². The van der Waals surface area contributed by atoms with Crippen LogP contribution in [0.3, 0.4) is 0 Å². The Kier molecular flexibility index (Phi) is 7.28. The summed E-state index contributed by atoms with van der Waals surface area (Å²) in [5.41, 5.74) is 3.21. The van der Waals surface area contributed by atoms with Gasteiger partial charge in [0, 0.05) is 64.9 Å². The van der Waals surface area contributed by atoms with Gasteiger partial charge in [-0.1, -0.05) is 18.2 Å². The Bertz CT molecular complexity index is 1160. The summed E-state index contributed by atoms with van der Waals surface area (Å²) in [6.07, 6.45) is 10.5. The number of hydrogen-bond donors (Lipinski definition) is 0. The number of nitrogens with zero attached hydrogens (tertiary/aromatic N) is 3. The molecule has 2 unspecified atom stereocenters. The summed E-state index contributed by atoms with van der Waals surface area (Å²) in [7, 11) is 7.76. The minimum Gasteiger partial charge on any atom is -0.484 e. The molecule has 0 saturated carbocycles. The maximum atomic E-state index is 13.5. The molecule has 9 heteroatoms. The number of benzene rings is 1. The first-order valence-corrected chi connectivity index (χ1v) is 12.0. The molecule has 1 fully saturated rings. The average molecular weight is 494 g/mol. The lowest BCUT2D eigenvalue weighted by molar-refractivity contribution is -0.197. The Morgan fingerprint density at radius 3 is 2.50 bits per heavy atom. The molecule has 2 amide bonds. The molecule has 1 aromatic rings. The van der Waals surface area contributed by atoms with Crippen LogP contribution in [0.2, 0.25) is 0 Å². The van der Waals surface area contributed by atoms with E-state index < -0.39 is 17.8 Å². The van der Waals surface area contributed by atoms with Gasteiger partial charge in [0.2, 0.25) is 0 Å². The van der Waals surface area contributed by atoms with Crippen molar-refractivity contribution in [2.24, 2.45) is 5.92 Å². The molecule has 1 aliphatic carbocycles. The van der Waals surface area contributed by atoms with Crippen molar-refractivity contribution in [1.29, 1.82) is 0 Å². The number of unbranched alkanes of at least 4 members (excludes halogenated alkanes) is 1. The molecule has 190 valence electrons. The summed E-state index contributed by atoms with van der Waals surface area (Å²) >= 11 is 0. The van der Waals surface area contributed by atoms with Gasteiger partial charge in [0.1, 0.15) is 11.9 Å². The van der Waals surface area contributed by atoms with E-state index >= 15 is 0 Å². The molecule has 0 bridgehead atoms. The van der Waals surface area contributed by atoms with Crippen LogP contribution in [0.25, 0.3) is 6.08 Å². The van der Waals surface area contributed by atoms with Crippen LogP contribution in [0.15, 0.2) is 42.1 Å². The molecule has 0 spiro atoms. The van der Waals surface area contributed by atoms with E-state index in [2.05, 4.69) is 0 Å². The first kappa shape index (κ1) is 25.2. The topological polar surface area (TPSA) is 96.5 Å². The van der Waals surface area contributed by atoms with Crippen molar-refractivity contribution in [2.45, 2.75) is 38.2 Å². The number of ketones is 1. The molecule has 36 heavy (non-hydrogen) atoms. The molecule has 2 heterocycles. The predicted molar refractivity (Wildman–Crippen MR) is 134 cm³/mol. The lowest BCUT2D eigenvalue weighted by Gasteiger charge is -2.34. The third-order valence-corrected chi connectivity index (χ3v) is 6.37. The van der Waals surface area contributed by atoms with Gasteiger partial charge in [-0.2, -0.15) is 0 Å². The smallest absolute Gasteiger partial charge is 0.333 e. The van der Waals surface area contributed by atoms with Crippen LogP contribution in [-0.2, 0) is 19.2 Å². The van der Waals surface area contributed by atoms with E-state index in [9.17, 15) is 19.2 Å². The Labute approximate surface area is 210 Å². The standard InChI is InChI=1S/C27H31N3O6/c1-28(2)18-10-11-20-21(15-18)35-22-16-19(29(3)4)14-17(26(22)27(20)34)8-6-5-7-9-25(33)36-30-23(31)12-13-24(30)32/h6,8,10-11,14-16,20-21H,5,7,9,12-13H2,1-4H3/b8-6+. The fourth-order valence-corrected chi connectivity index (χ4v) is 4.34. The summed E-state index contributed by atoms with van der Waals surface area (Å²) in [4.78, 5) is 57.5. The number of hydrogen-bond acceptors (Lipinski definition) is 8. The summed E-state index contributed by atoms with van der Waals surface area (Å²) < 4.78 is 6.30. The number of carbonyl (C=O) groups excluding carboxylic acids is 4. The molecule has 2 aliphatic heterocycles. The second-order valence-electron chi connectivity index (χ2n) is 9.46. The zero-order chi connectivity index (χ0) is 26.0. The molecule has 1 saturated heterocycles. The first-order valence-electron chi connectivity index (χ1n) is 12.0. The highest BCUT2D eigenvalue weighted by atomic mass is 16.7. The van der Waals surface area contributed by atoms with E-state index in [1.807, 2.05) is 80.5 Å². The SMILES string of the molecule is CN(C)C1=CC2Oc3cc(N(C)C)cc(/C=C/CCCC(=O)ON4C(=O)CCC4=O)c3C(=O)C2C=C1. The number of rotatable bonds is 8. The molecular weight excluding hydrogens is 462 g/mol. The largest absolute Gasteiger partial charge is 0.484 e. The zero-order valence-electron chi connectivity index (χ0n) is 21.0. The fourth-order valence-electron chi connectivity index (χ4n) is 4.34. The van der Waals surface area contributed by atoms with Crippen LogP contribution >= 0.6 is 0 Å². The van der Waals surface area contributed by atoms with Crippen molar-refractivity contribution in [3.05, 3.63) is 53.3 Å². The highest BCUT2D eigenvalue weighted by Crippen LogP contribution is 2.39. The Morgan fingerprint density at radius 2 is 1.83 bits per heavy atom. The quantitative estimate of drug-likeness (QED) is 0.403. The van der Waals surface area contributed by atoms with Crippen LogP contribution in [0.5, 0.6) is 5.75 Å².